The van der Waals surface area contributed by atoms with Gasteiger partial charge in [-0.3, -0.25) is 0 Å². The molecule has 1 fully saturated rings. The Morgan fingerprint density at radius 2 is 1.91 bits per heavy atom. The third-order valence-corrected chi connectivity index (χ3v) is 7.85. The minimum absolute atomic E-state index is 0.0148. The molecule has 0 bridgehead atoms. The summed E-state index contributed by atoms with van der Waals surface area (Å²) in [6.07, 6.45) is 7.88. The molecule has 0 saturated carbocycles. The van der Waals surface area contributed by atoms with Gasteiger partial charge in [0.05, 0.1) is 30.5 Å². The highest BCUT2D eigenvalue weighted by Crippen LogP contribution is 2.35. The molecule has 4 rings (SSSR count). The fourth-order valence-electron chi connectivity index (χ4n) is 5.51. The highest BCUT2D eigenvalue weighted by molar-refractivity contribution is 5.92. The molecule has 10 nitrogen and oxygen atoms in total. The largest absolute Gasteiger partial charge is 0.369 e. The number of benzene rings is 1. The highest BCUT2D eigenvalue weighted by atomic mass is 19.1. The number of anilines is 1. The number of amides is 4. The second-order valence-corrected chi connectivity index (χ2v) is 12.7. The van der Waals surface area contributed by atoms with E-state index in [2.05, 4.69) is 27.4 Å². The van der Waals surface area contributed by atoms with Crippen molar-refractivity contribution in [2.24, 2.45) is 5.73 Å². The number of nitrogens with one attached hydrogen (secondary N) is 1. The lowest BCUT2D eigenvalue weighted by Crippen LogP contribution is -2.57. The van der Waals surface area contributed by atoms with Gasteiger partial charge >= 0.3 is 12.1 Å². The Bertz CT molecular complexity index is 1440. The zero-order valence-electron chi connectivity index (χ0n) is 27.0. The van der Waals surface area contributed by atoms with Gasteiger partial charge in [0.25, 0.3) is 0 Å². The first-order valence-electron chi connectivity index (χ1n) is 15.2. The average molecular weight is 608 g/mol. The van der Waals surface area contributed by atoms with Gasteiger partial charge in [-0.2, -0.15) is 0 Å². The van der Waals surface area contributed by atoms with Crippen LogP contribution in [-0.2, 0) is 4.74 Å². The van der Waals surface area contributed by atoms with E-state index in [0.717, 1.165) is 35.2 Å². The summed E-state index contributed by atoms with van der Waals surface area (Å²) in [5.74, 6) is -0.478. The molecule has 3 N–H and O–H groups in total. The summed E-state index contributed by atoms with van der Waals surface area (Å²) in [6.45, 7) is 12.4. The van der Waals surface area contributed by atoms with E-state index < -0.39 is 5.82 Å². The van der Waals surface area contributed by atoms with E-state index in [1.54, 1.807) is 23.9 Å². The molecule has 0 spiro atoms. The smallest absolute Gasteiger partial charge is 0.322 e. The van der Waals surface area contributed by atoms with E-state index in [1.807, 2.05) is 39.5 Å². The molecule has 3 heterocycles. The standard InChI is InChI=1S/C33H46FN7O3/c1-21-27(16-25(34)17-29(21)38-31(42)41-18-26(19-41)44-33(3,4)5)30-28(22(2)36-20-37-30)15-24(9-8-12-35)23-10-13-40(14-11-23)32(43)39(6)7/h10,15-17,20,26H,8-9,11-14,18-19,35H2,1-7H3,(H,38,42)/b24-15+. The van der Waals surface area contributed by atoms with Crippen LogP contribution in [0.25, 0.3) is 17.3 Å². The SMILES string of the molecule is Cc1ncnc(-c2cc(F)cc(NC(=O)N3CC(OC(C)(C)C)C3)c2C)c1/C=C(\CCCN)C1=CCN(C(=O)N(C)C)CC1. The van der Waals surface area contributed by atoms with Crippen LogP contribution in [0, 0.1) is 19.7 Å². The van der Waals surface area contributed by atoms with Gasteiger partial charge < -0.3 is 30.5 Å². The van der Waals surface area contributed by atoms with Gasteiger partial charge in [-0.25, -0.2) is 23.9 Å². The fraction of sp³-hybridized carbons (Fsp3) is 0.515. The number of nitrogens with zero attached hydrogens (tertiary/aromatic N) is 5. The highest BCUT2D eigenvalue weighted by Gasteiger charge is 2.34. The number of aromatic nitrogens is 2. The Labute approximate surface area is 260 Å². The summed E-state index contributed by atoms with van der Waals surface area (Å²) in [5, 5.41) is 2.90. The molecule has 0 unspecified atom stereocenters. The van der Waals surface area contributed by atoms with E-state index in [9.17, 15) is 9.59 Å². The first-order valence-corrected chi connectivity index (χ1v) is 15.2. The maximum atomic E-state index is 15.1. The minimum Gasteiger partial charge on any atom is -0.369 e. The van der Waals surface area contributed by atoms with Crippen molar-refractivity contribution in [3.05, 3.63) is 58.3 Å². The number of rotatable bonds is 8. The number of allylic oxidation sites excluding steroid dienone is 1. The monoisotopic (exact) mass is 607 g/mol. The van der Waals surface area contributed by atoms with Crippen LogP contribution in [-0.4, -0.2) is 95.3 Å². The summed E-state index contributed by atoms with van der Waals surface area (Å²) >= 11 is 0. The van der Waals surface area contributed by atoms with Gasteiger partial charge in [0.2, 0.25) is 0 Å². The molecule has 238 valence electrons. The van der Waals surface area contributed by atoms with Crippen LogP contribution in [0.3, 0.4) is 0 Å². The van der Waals surface area contributed by atoms with Gasteiger partial charge in [0, 0.05) is 49.7 Å². The predicted molar refractivity (Wildman–Crippen MR) is 172 cm³/mol. The normalized spacial score (nSPS) is 16.0. The van der Waals surface area contributed by atoms with Crippen molar-refractivity contribution < 1.29 is 18.7 Å². The lowest BCUT2D eigenvalue weighted by Gasteiger charge is -2.41. The van der Waals surface area contributed by atoms with Crippen LogP contribution >= 0.6 is 0 Å². The topological polar surface area (TPSA) is 117 Å². The van der Waals surface area contributed by atoms with Gasteiger partial charge in [-0.05, 0) is 95.3 Å². The summed E-state index contributed by atoms with van der Waals surface area (Å²) in [4.78, 5) is 39.6. The average Bonchev–Trinajstić information content (AvgIpc) is 2.94. The number of ether oxygens (including phenoxy) is 1. The van der Waals surface area contributed by atoms with Crippen molar-refractivity contribution in [3.63, 3.8) is 0 Å². The van der Waals surface area contributed by atoms with Gasteiger partial charge in [-0.15, -0.1) is 0 Å². The molecule has 2 aromatic rings. The number of urea groups is 2. The number of likely N-dealkylation sites (tertiary alicyclic amines) is 1. The minimum atomic E-state index is -0.478. The fourth-order valence-corrected chi connectivity index (χ4v) is 5.51. The third kappa shape index (κ3) is 8.00. The summed E-state index contributed by atoms with van der Waals surface area (Å²) in [7, 11) is 3.50. The Hall–Kier alpha value is -3.83. The molecule has 2 aliphatic rings. The molecule has 1 aromatic carbocycles. The van der Waals surface area contributed by atoms with Crippen LogP contribution in [0.2, 0.25) is 0 Å². The first kappa shape index (κ1) is 33.1. The lowest BCUT2D eigenvalue weighted by molar-refractivity contribution is -0.110. The van der Waals surface area contributed by atoms with E-state index in [4.69, 9.17) is 10.5 Å². The molecule has 44 heavy (non-hydrogen) atoms. The molecule has 4 amide bonds. The van der Waals surface area contributed by atoms with E-state index in [1.165, 1.54) is 18.5 Å². The molecule has 2 aliphatic heterocycles. The van der Waals surface area contributed by atoms with Gasteiger partial charge in [-0.1, -0.05) is 6.08 Å². The zero-order valence-corrected chi connectivity index (χ0v) is 27.0. The van der Waals surface area contributed by atoms with Crippen LogP contribution in [0.1, 0.15) is 56.9 Å². The number of carbonyl (C=O) groups excluding carboxylic acids is 2. The summed E-state index contributed by atoms with van der Waals surface area (Å²) in [6, 6.07) is 2.47. The predicted octanol–water partition coefficient (Wildman–Crippen LogP) is 5.37. The van der Waals surface area contributed by atoms with Crippen molar-refractivity contribution in [2.75, 3.05) is 52.1 Å². The van der Waals surface area contributed by atoms with Crippen molar-refractivity contribution in [3.8, 4) is 11.3 Å². The van der Waals surface area contributed by atoms with Crippen molar-refractivity contribution in [1.29, 1.82) is 0 Å². The number of carbonyl (C=O) groups is 2. The molecule has 1 saturated heterocycles. The Morgan fingerprint density at radius 3 is 2.52 bits per heavy atom. The number of hydrogen-bond donors (Lipinski definition) is 2. The Morgan fingerprint density at radius 1 is 1.18 bits per heavy atom. The molecular weight excluding hydrogens is 561 g/mol. The number of hydrogen-bond acceptors (Lipinski definition) is 6. The second kappa shape index (κ2) is 13.9. The van der Waals surface area contributed by atoms with Crippen LogP contribution in [0.4, 0.5) is 19.7 Å². The summed E-state index contributed by atoms with van der Waals surface area (Å²) < 4.78 is 21.0. The van der Waals surface area contributed by atoms with Crippen molar-refractivity contribution in [2.45, 2.75) is 65.6 Å². The number of halogens is 1. The number of nitrogens with two attached hydrogens (primary N) is 1. The van der Waals surface area contributed by atoms with Crippen molar-refractivity contribution >= 4 is 23.8 Å². The van der Waals surface area contributed by atoms with Crippen LogP contribution in [0.15, 0.2) is 35.7 Å². The molecule has 0 aliphatic carbocycles. The van der Waals surface area contributed by atoms with E-state index in [0.29, 0.717) is 61.7 Å². The van der Waals surface area contributed by atoms with Crippen molar-refractivity contribution in [1.82, 2.24) is 24.7 Å². The van der Waals surface area contributed by atoms with E-state index in [-0.39, 0.29) is 23.8 Å². The van der Waals surface area contributed by atoms with Gasteiger partial charge in [0.15, 0.2) is 0 Å². The quantitative estimate of drug-likeness (QED) is 0.417. The van der Waals surface area contributed by atoms with Crippen LogP contribution < -0.4 is 11.1 Å². The maximum absolute atomic E-state index is 15.1. The maximum Gasteiger partial charge on any atom is 0.322 e. The second-order valence-electron chi connectivity index (χ2n) is 12.7. The van der Waals surface area contributed by atoms with Gasteiger partial charge in [0.1, 0.15) is 12.1 Å². The Kier molecular flexibility index (Phi) is 10.4. The Balaban J connectivity index is 1.64. The zero-order chi connectivity index (χ0) is 32.2. The molecular formula is C33H46FN7O3. The molecule has 0 radical (unpaired) electrons. The third-order valence-electron chi connectivity index (χ3n) is 7.85. The lowest BCUT2D eigenvalue weighted by atomic mass is 9.91. The van der Waals surface area contributed by atoms with Crippen LogP contribution in [0.5, 0.6) is 0 Å². The van der Waals surface area contributed by atoms with E-state index >= 15 is 4.39 Å². The summed E-state index contributed by atoms with van der Waals surface area (Å²) in [5.41, 5.74) is 11.6. The molecule has 1 aromatic heterocycles. The molecule has 0 atom stereocenters. The first-order chi connectivity index (χ1) is 20.8. The molecule has 11 heteroatoms. The number of aryl methyl sites for hydroxylation is 1.